The lowest BCUT2D eigenvalue weighted by atomic mass is 10.0. The molecule has 0 radical (unpaired) electrons. The van der Waals surface area contributed by atoms with Crippen LogP contribution in [0.1, 0.15) is 18.0 Å². The quantitative estimate of drug-likeness (QED) is 0.754. The van der Waals surface area contributed by atoms with Crippen LogP contribution < -0.4 is 10.1 Å². The Balaban J connectivity index is 2.83. The van der Waals surface area contributed by atoms with Gasteiger partial charge in [0.1, 0.15) is 5.75 Å². The molecule has 16 heavy (non-hydrogen) atoms. The molecule has 1 N–H and O–H groups in total. The summed E-state index contributed by atoms with van der Waals surface area (Å²) in [5.74, 6) is 0.178. The fraction of sp³-hybridized carbons (Fsp3) is 0.333. The van der Waals surface area contributed by atoms with E-state index in [0.717, 1.165) is 12.0 Å². The predicted molar refractivity (Wildman–Crippen MR) is 59.7 cm³/mol. The van der Waals surface area contributed by atoms with Crippen molar-refractivity contribution >= 4 is 0 Å². The molecule has 1 unspecified atom stereocenters. The third-order valence-corrected chi connectivity index (χ3v) is 2.24. The molecule has 0 spiro atoms. The number of benzene rings is 1. The van der Waals surface area contributed by atoms with Crippen LogP contribution in [0.4, 0.5) is 8.78 Å². The van der Waals surface area contributed by atoms with Crippen LogP contribution in [0.3, 0.4) is 0 Å². The fourth-order valence-electron chi connectivity index (χ4n) is 1.49. The summed E-state index contributed by atoms with van der Waals surface area (Å²) < 4.78 is 28.4. The molecule has 0 fully saturated rings. The van der Waals surface area contributed by atoms with Crippen LogP contribution in [0.2, 0.25) is 0 Å². The van der Waals surface area contributed by atoms with E-state index in [1.54, 1.807) is 18.2 Å². The van der Waals surface area contributed by atoms with E-state index >= 15 is 0 Å². The van der Waals surface area contributed by atoms with E-state index in [1.165, 1.54) is 6.07 Å². The normalized spacial score (nSPS) is 12.5. The Bertz CT molecular complexity index is 342. The minimum absolute atomic E-state index is 0.0683. The molecule has 0 aliphatic carbocycles. The van der Waals surface area contributed by atoms with Crippen LogP contribution in [0.15, 0.2) is 36.9 Å². The lowest BCUT2D eigenvalue weighted by Crippen LogP contribution is -2.15. The van der Waals surface area contributed by atoms with E-state index in [1.807, 2.05) is 13.1 Å². The SMILES string of the molecule is C=CCC(NC)c1cccc(OC(F)F)c1. The van der Waals surface area contributed by atoms with Crippen LogP contribution in [0.25, 0.3) is 0 Å². The van der Waals surface area contributed by atoms with Crippen molar-refractivity contribution in [3.05, 3.63) is 42.5 Å². The highest BCUT2D eigenvalue weighted by Crippen LogP contribution is 2.22. The fourth-order valence-corrected chi connectivity index (χ4v) is 1.49. The molecule has 0 aromatic heterocycles. The van der Waals surface area contributed by atoms with Crippen molar-refractivity contribution < 1.29 is 13.5 Å². The van der Waals surface area contributed by atoms with Gasteiger partial charge in [0.15, 0.2) is 0 Å². The maximum absolute atomic E-state index is 12.0. The minimum atomic E-state index is -2.79. The topological polar surface area (TPSA) is 21.3 Å². The average Bonchev–Trinajstić information content (AvgIpc) is 2.25. The Labute approximate surface area is 93.9 Å². The number of rotatable bonds is 6. The van der Waals surface area contributed by atoms with E-state index in [9.17, 15) is 8.78 Å². The van der Waals surface area contributed by atoms with Crippen molar-refractivity contribution in [3.63, 3.8) is 0 Å². The molecule has 0 aliphatic heterocycles. The largest absolute Gasteiger partial charge is 0.435 e. The summed E-state index contributed by atoms with van der Waals surface area (Å²) in [6.07, 6.45) is 2.51. The van der Waals surface area contributed by atoms with Gasteiger partial charge in [-0.2, -0.15) is 8.78 Å². The van der Waals surface area contributed by atoms with Crippen LogP contribution >= 0.6 is 0 Å². The number of alkyl halides is 2. The number of ether oxygens (including phenoxy) is 1. The first-order valence-corrected chi connectivity index (χ1v) is 5.00. The third kappa shape index (κ3) is 3.62. The van der Waals surface area contributed by atoms with Gasteiger partial charge in [-0.25, -0.2) is 0 Å². The Morgan fingerprint density at radius 2 is 2.25 bits per heavy atom. The molecule has 4 heteroatoms. The molecule has 2 nitrogen and oxygen atoms in total. The lowest BCUT2D eigenvalue weighted by molar-refractivity contribution is -0.0499. The first-order valence-electron chi connectivity index (χ1n) is 5.00. The van der Waals surface area contributed by atoms with Crippen LogP contribution in [0.5, 0.6) is 5.75 Å². The maximum Gasteiger partial charge on any atom is 0.387 e. The van der Waals surface area contributed by atoms with Gasteiger partial charge in [-0.15, -0.1) is 6.58 Å². The van der Waals surface area contributed by atoms with Gasteiger partial charge in [0.05, 0.1) is 0 Å². The van der Waals surface area contributed by atoms with Gasteiger partial charge < -0.3 is 10.1 Å². The number of hydrogen-bond donors (Lipinski definition) is 1. The van der Waals surface area contributed by atoms with Crippen molar-refractivity contribution in [3.8, 4) is 5.75 Å². The number of hydrogen-bond acceptors (Lipinski definition) is 2. The first-order chi connectivity index (χ1) is 7.67. The third-order valence-electron chi connectivity index (χ3n) is 2.24. The zero-order valence-corrected chi connectivity index (χ0v) is 9.12. The molecule has 88 valence electrons. The minimum Gasteiger partial charge on any atom is -0.435 e. The van der Waals surface area contributed by atoms with Gasteiger partial charge in [0.25, 0.3) is 0 Å². The summed E-state index contributed by atoms with van der Waals surface area (Å²) in [4.78, 5) is 0. The van der Waals surface area contributed by atoms with Crippen LogP contribution in [-0.2, 0) is 0 Å². The Kier molecular flexibility index (Phi) is 4.92. The highest BCUT2D eigenvalue weighted by molar-refractivity contribution is 5.30. The Hall–Kier alpha value is -1.42. The highest BCUT2D eigenvalue weighted by Gasteiger charge is 2.09. The molecule has 1 rings (SSSR count). The summed E-state index contributed by atoms with van der Waals surface area (Å²) in [6.45, 7) is 0.864. The molecule has 0 amide bonds. The molecule has 1 aromatic rings. The van der Waals surface area contributed by atoms with Crippen molar-refractivity contribution in [2.45, 2.75) is 19.1 Å². The van der Waals surface area contributed by atoms with E-state index in [-0.39, 0.29) is 11.8 Å². The van der Waals surface area contributed by atoms with Crippen molar-refractivity contribution in [2.75, 3.05) is 7.05 Å². The second kappa shape index (κ2) is 6.23. The Morgan fingerprint density at radius 3 is 2.81 bits per heavy atom. The van der Waals surface area contributed by atoms with Crippen LogP contribution in [0, 0.1) is 0 Å². The molecular formula is C12H15F2NO. The molecular weight excluding hydrogens is 212 g/mol. The molecule has 0 heterocycles. The molecule has 0 bridgehead atoms. The van der Waals surface area contributed by atoms with Gasteiger partial charge >= 0.3 is 6.61 Å². The number of halogens is 2. The molecule has 0 saturated carbocycles. The smallest absolute Gasteiger partial charge is 0.387 e. The number of nitrogens with one attached hydrogen (secondary N) is 1. The molecule has 0 aliphatic rings. The van der Waals surface area contributed by atoms with Crippen LogP contribution in [-0.4, -0.2) is 13.7 Å². The summed E-state index contributed by atoms with van der Waals surface area (Å²) in [6, 6.07) is 6.75. The molecule has 1 aromatic carbocycles. The standard InChI is InChI=1S/C12H15F2NO/c1-3-5-11(15-2)9-6-4-7-10(8-9)16-12(13)14/h3-4,6-8,11-12,15H,1,5H2,2H3. The average molecular weight is 227 g/mol. The zero-order chi connectivity index (χ0) is 12.0. The van der Waals surface area contributed by atoms with Crippen molar-refractivity contribution in [1.29, 1.82) is 0 Å². The lowest BCUT2D eigenvalue weighted by Gasteiger charge is -2.15. The monoisotopic (exact) mass is 227 g/mol. The highest BCUT2D eigenvalue weighted by atomic mass is 19.3. The summed E-state index contributed by atoms with van der Waals surface area (Å²) in [5.41, 5.74) is 0.903. The van der Waals surface area contributed by atoms with E-state index in [2.05, 4.69) is 16.6 Å². The van der Waals surface area contributed by atoms with Gasteiger partial charge in [-0.05, 0) is 31.2 Å². The second-order valence-corrected chi connectivity index (χ2v) is 3.32. The van der Waals surface area contributed by atoms with Crippen molar-refractivity contribution in [1.82, 2.24) is 5.32 Å². The zero-order valence-electron chi connectivity index (χ0n) is 9.12. The van der Waals surface area contributed by atoms with Gasteiger partial charge in [0.2, 0.25) is 0 Å². The first kappa shape index (κ1) is 12.6. The molecule has 1 atom stereocenters. The van der Waals surface area contributed by atoms with E-state index in [4.69, 9.17) is 0 Å². The second-order valence-electron chi connectivity index (χ2n) is 3.32. The van der Waals surface area contributed by atoms with Gasteiger partial charge in [-0.1, -0.05) is 18.2 Å². The van der Waals surface area contributed by atoms with E-state index in [0.29, 0.717) is 0 Å². The summed E-state index contributed by atoms with van der Waals surface area (Å²) >= 11 is 0. The maximum atomic E-state index is 12.0. The predicted octanol–water partition coefficient (Wildman–Crippen LogP) is 3.12. The Morgan fingerprint density at radius 1 is 1.50 bits per heavy atom. The van der Waals surface area contributed by atoms with Crippen molar-refractivity contribution in [2.24, 2.45) is 0 Å². The van der Waals surface area contributed by atoms with Gasteiger partial charge in [-0.3, -0.25) is 0 Å². The summed E-state index contributed by atoms with van der Waals surface area (Å²) in [7, 11) is 1.81. The van der Waals surface area contributed by atoms with E-state index < -0.39 is 6.61 Å². The summed E-state index contributed by atoms with van der Waals surface area (Å²) in [5, 5.41) is 3.09. The van der Waals surface area contributed by atoms with Gasteiger partial charge in [0, 0.05) is 6.04 Å². The molecule has 0 saturated heterocycles.